The van der Waals surface area contributed by atoms with E-state index in [0.717, 1.165) is 44.2 Å². The average Bonchev–Trinajstić information content (AvgIpc) is 2.97. The van der Waals surface area contributed by atoms with Crippen LogP contribution in [0.4, 0.5) is 10.5 Å². The Hall–Kier alpha value is -1.55. The predicted molar refractivity (Wildman–Crippen MR) is 88.1 cm³/mol. The summed E-state index contributed by atoms with van der Waals surface area (Å²) in [4.78, 5) is 14.0. The van der Waals surface area contributed by atoms with Crippen LogP contribution in [0.5, 0.6) is 0 Å². The van der Waals surface area contributed by atoms with Crippen LogP contribution in [0, 0.1) is 5.92 Å². The first-order chi connectivity index (χ1) is 10.6. The summed E-state index contributed by atoms with van der Waals surface area (Å²) in [6.45, 7) is 0.623. The Labute approximate surface area is 132 Å². The highest BCUT2D eigenvalue weighted by Gasteiger charge is 2.25. The van der Waals surface area contributed by atoms with Crippen molar-refractivity contribution in [1.82, 2.24) is 4.90 Å². The number of urea groups is 1. The standard InChI is InChI=1S/C18H26N2O2/c1-20(12-15-5-2-3-8-17(15)21)18(22)19-16-10-9-13-6-4-7-14(13)11-16/h9-11,15,17,21H,2-8,12H2,1H3,(H,19,22). The molecule has 4 nitrogen and oxygen atoms in total. The second-order valence-electron chi connectivity index (χ2n) is 6.76. The Morgan fingerprint density at radius 1 is 1.23 bits per heavy atom. The lowest BCUT2D eigenvalue weighted by atomic mass is 9.86. The van der Waals surface area contributed by atoms with E-state index < -0.39 is 0 Å². The van der Waals surface area contributed by atoms with Gasteiger partial charge in [-0.15, -0.1) is 0 Å². The number of hydrogen-bond donors (Lipinski definition) is 2. The highest BCUT2D eigenvalue weighted by molar-refractivity contribution is 5.89. The molecule has 2 atom stereocenters. The molecule has 22 heavy (non-hydrogen) atoms. The number of aliphatic hydroxyl groups is 1. The van der Waals surface area contributed by atoms with Crippen LogP contribution in [0.3, 0.4) is 0 Å². The van der Waals surface area contributed by atoms with Crippen LogP contribution in [-0.2, 0) is 12.8 Å². The number of anilines is 1. The van der Waals surface area contributed by atoms with Gasteiger partial charge in [0, 0.05) is 25.2 Å². The molecule has 120 valence electrons. The zero-order valence-corrected chi connectivity index (χ0v) is 13.3. The molecule has 2 aliphatic rings. The molecular weight excluding hydrogens is 276 g/mol. The zero-order valence-electron chi connectivity index (χ0n) is 13.3. The number of aryl methyl sites for hydroxylation is 2. The number of aliphatic hydroxyl groups excluding tert-OH is 1. The van der Waals surface area contributed by atoms with Gasteiger partial charge in [0.1, 0.15) is 0 Å². The first-order valence-corrected chi connectivity index (χ1v) is 8.45. The molecule has 2 unspecified atom stereocenters. The monoisotopic (exact) mass is 302 g/mol. The number of nitrogens with one attached hydrogen (secondary N) is 1. The van der Waals surface area contributed by atoms with E-state index in [1.165, 1.54) is 17.5 Å². The molecule has 0 saturated heterocycles. The summed E-state index contributed by atoms with van der Waals surface area (Å²) in [6, 6.07) is 6.13. The SMILES string of the molecule is CN(CC1CCCCC1O)C(=O)Nc1ccc2c(c1)CCC2. The topological polar surface area (TPSA) is 52.6 Å². The molecule has 2 aliphatic carbocycles. The number of carbonyl (C=O) groups excluding carboxylic acids is 1. The summed E-state index contributed by atoms with van der Waals surface area (Å²) in [5.74, 6) is 0.213. The van der Waals surface area contributed by atoms with Crippen molar-refractivity contribution in [2.45, 2.75) is 51.0 Å². The van der Waals surface area contributed by atoms with E-state index in [9.17, 15) is 9.90 Å². The van der Waals surface area contributed by atoms with Crippen LogP contribution in [0.15, 0.2) is 18.2 Å². The number of benzene rings is 1. The Morgan fingerprint density at radius 2 is 2.00 bits per heavy atom. The Bertz CT molecular complexity index is 544. The van der Waals surface area contributed by atoms with Gasteiger partial charge in [0.25, 0.3) is 0 Å². The molecule has 0 aliphatic heterocycles. The van der Waals surface area contributed by atoms with Gasteiger partial charge < -0.3 is 15.3 Å². The minimum atomic E-state index is -0.260. The molecule has 2 N–H and O–H groups in total. The number of hydrogen-bond acceptors (Lipinski definition) is 2. The van der Waals surface area contributed by atoms with Crippen molar-refractivity contribution in [2.24, 2.45) is 5.92 Å². The van der Waals surface area contributed by atoms with Crippen LogP contribution in [-0.4, -0.2) is 35.7 Å². The summed E-state index contributed by atoms with van der Waals surface area (Å²) < 4.78 is 0. The van der Waals surface area contributed by atoms with Crippen LogP contribution >= 0.6 is 0 Å². The summed E-state index contributed by atoms with van der Waals surface area (Å²) in [7, 11) is 1.81. The minimum Gasteiger partial charge on any atom is -0.393 e. The van der Waals surface area contributed by atoms with Crippen LogP contribution in [0.2, 0.25) is 0 Å². The average molecular weight is 302 g/mol. The number of nitrogens with zero attached hydrogens (tertiary/aromatic N) is 1. The maximum absolute atomic E-state index is 12.3. The Kier molecular flexibility index (Phi) is 4.67. The fourth-order valence-electron chi connectivity index (χ4n) is 3.70. The lowest BCUT2D eigenvalue weighted by Gasteiger charge is -2.31. The minimum absolute atomic E-state index is 0.0873. The number of amides is 2. The van der Waals surface area contributed by atoms with E-state index in [1.54, 1.807) is 4.90 Å². The lowest BCUT2D eigenvalue weighted by molar-refractivity contribution is 0.0575. The summed E-state index contributed by atoms with van der Waals surface area (Å²) in [5.41, 5.74) is 3.65. The molecule has 1 saturated carbocycles. The molecule has 0 bridgehead atoms. The summed E-state index contributed by atoms with van der Waals surface area (Å²) >= 11 is 0. The fourth-order valence-corrected chi connectivity index (χ4v) is 3.70. The van der Waals surface area contributed by atoms with Gasteiger partial charge in [0.15, 0.2) is 0 Å². The zero-order chi connectivity index (χ0) is 15.5. The second-order valence-corrected chi connectivity index (χ2v) is 6.76. The molecule has 1 aromatic rings. The number of carbonyl (C=O) groups is 1. The molecule has 0 aromatic heterocycles. The van der Waals surface area contributed by atoms with Gasteiger partial charge in [-0.25, -0.2) is 4.79 Å². The summed E-state index contributed by atoms with van der Waals surface area (Å²) in [5, 5.41) is 13.0. The fraction of sp³-hybridized carbons (Fsp3) is 0.611. The Balaban J connectivity index is 1.56. The first-order valence-electron chi connectivity index (χ1n) is 8.45. The van der Waals surface area contributed by atoms with E-state index in [0.29, 0.717) is 6.54 Å². The highest BCUT2D eigenvalue weighted by Crippen LogP contribution is 2.26. The quantitative estimate of drug-likeness (QED) is 0.901. The summed E-state index contributed by atoms with van der Waals surface area (Å²) in [6.07, 6.45) is 7.36. The third-order valence-corrected chi connectivity index (χ3v) is 5.07. The number of rotatable bonds is 3. The molecule has 3 rings (SSSR count). The molecule has 0 radical (unpaired) electrons. The van der Waals surface area contributed by atoms with Crippen molar-refractivity contribution >= 4 is 11.7 Å². The van der Waals surface area contributed by atoms with E-state index in [1.807, 2.05) is 13.1 Å². The van der Waals surface area contributed by atoms with E-state index in [4.69, 9.17) is 0 Å². The van der Waals surface area contributed by atoms with Crippen molar-refractivity contribution in [2.75, 3.05) is 18.9 Å². The normalized spacial score (nSPS) is 23.9. The van der Waals surface area contributed by atoms with E-state index >= 15 is 0 Å². The van der Waals surface area contributed by atoms with Crippen molar-refractivity contribution in [3.8, 4) is 0 Å². The Morgan fingerprint density at radius 3 is 2.82 bits per heavy atom. The van der Waals surface area contributed by atoms with Crippen molar-refractivity contribution in [1.29, 1.82) is 0 Å². The molecule has 1 fully saturated rings. The smallest absolute Gasteiger partial charge is 0.321 e. The third kappa shape index (κ3) is 3.43. The van der Waals surface area contributed by atoms with Gasteiger partial charge in [-0.05, 0) is 55.4 Å². The van der Waals surface area contributed by atoms with Gasteiger partial charge in [0.05, 0.1) is 6.10 Å². The van der Waals surface area contributed by atoms with Gasteiger partial charge in [0.2, 0.25) is 0 Å². The highest BCUT2D eigenvalue weighted by atomic mass is 16.3. The van der Waals surface area contributed by atoms with Crippen LogP contribution < -0.4 is 5.32 Å². The largest absolute Gasteiger partial charge is 0.393 e. The van der Waals surface area contributed by atoms with Crippen molar-refractivity contribution in [3.63, 3.8) is 0 Å². The first kappa shape index (κ1) is 15.3. The molecule has 2 amide bonds. The lowest BCUT2D eigenvalue weighted by Crippen LogP contribution is -2.40. The third-order valence-electron chi connectivity index (χ3n) is 5.07. The van der Waals surface area contributed by atoms with Gasteiger partial charge in [-0.3, -0.25) is 0 Å². The van der Waals surface area contributed by atoms with Crippen molar-refractivity contribution in [3.05, 3.63) is 29.3 Å². The molecule has 4 heteroatoms. The molecule has 1 aromatic carbocycles. The molecular formula is C18H26N2O2. The molecule has 0 spiro atoms. The van der Waals surface area contributed by atoms with E-state index in [-0.39, 0.29) is 18.1 Å². The number of fused-ring (bicyclic) bond motifs is 1. The van der Waals surface area contributed by atoms with E-state index in [2.05, 4.69) is 17.4 Å². The second kappa shape index (κ2) is 6.69. The van der Waals surface area contributed by atoms with Crippen LogP contribution in [0.25, 0.3) is 0 Å². The van der Waals surface area contributed by atoms with Gasteiger partial charge >= 0.3 is 6.03 Å². The predicted octanol–water partition coefficient (Wildman–Crippen LogP) is 3.19. The van der Waals surface area contributed by atoms with Crippen molar-refractivity contribution < 1.29 is 9.90 Å². The van der Waals surface area contributed by atoms with Gasteiger partial charge in [-0.2, -0.15) is 0 Å². The maximum Gasteiger partial charge on any atom is 0.321 e. The molecule has 0 heterocycles. The maximum atomic E-state index is 12.3. The van der Waals surface area contributed by atoms with Crippen LogP contribution in [0.1, 0.15) is 43.2 Å². The van der Waals surface area contributed by atoms with Gasteiger partial charge in [-0.1, -0.05) is 18.9 Å².